The van der Waals surface area contributed by atoms with Crippen LogP contribution in [0.3, 0.4) is 0 Å². The summed E-state index contributed by atoms with van der Waals surface area (Å²) in [6.45, 7) is 0. The van der Waals surface area contributed by atoms with Gasteiger partial charge in [-0.3, -0.25) is 4.79 Å². The van der Waals surface area contributed by atoms with Crippen LogP contribution >= 0.6 is 0 Å². The zero-order valence-electron chi connectivity index (χ0n) is 11.1. The Kier molecular flexibility index (Phi) is 4.24. The number of rotatable bonds is 2. The van der Waals surface area contributed by atoms with Crippen molar-refractivity contribution in [2.24, 2.45) is 5.92 Å². The van der Waals surface area contributed by atoms with Crippen LogP contribution in [0.2, 0.25) is 0 Å². The lowest BCUT2D eigenvalue weighted by Crippen LogP contribution is -2.33. The molecule has 1 aromatic carbocycles. The molecule has 0 bridgehead atoms. The summed E-state index contributed by atoms with van der Waals surface area (Å²) in [5, 5.41) is 0. The highest BCUT2D eigenvalue weighted by molar-refractivity contribution is 5.97. The van der Waals surface area contributed by atoms with E-state index in [0.29, 0.717) is 5.69 Å². The van der Waals surface area contributed by atoms with Crippen molar-refractivity contribution >= 4 is 17.3 Å². The quantitative estimate of drug-likeness (QED) is 0.643. The van der Waals surface area contributed by atoms with Gasteiger partial charge in [-0.15, -0.1) is 0 Å². The first kappa shape index (κ1) is 12.9. The van der Waals surface area contributed by atoms with Gasteiger partial charge in [-0.2, -0.15) is 0 Å². The predicted octanol–water partition coefficient (Wildman–Crippen LogP) is 3.20. The maximum absolute atomic E-state index is 12.5. The summed E-state index contributed by atoms with van der Waals surface area (Å²) in [6, 6.07) is 7.56. The van der Waals surface area contributed by atoms with Crippen molar-refractivity contribution < 1.29 is 4.79 Å². The smallest absolute Gasteiger partial charge is 0.229 e. The second-order valence-electron chi connectivity index (χ2n) is 5.14. The third kappa shape index (κ3) is 2.84. The van der Waals surface area contributed by atoms with Gasteiger partial charge < -0.3 is 10.6 Å². The molecule has 1 saturated carbocycles. The van der Waals surface area contributed by atoms with Crippen LogP contribution in [-0.4, -0.2) is 13.0 Å². The number of nitrogens with zero attached hydrogens (tertiary/aromatic N) is 1. The Morgan fingerprint density at radius 3 is 2.39 bits per heavy atom. The molecule has 98 valence electrons. The molecule has 1 aliphatic rings. The molecule has 0 unspecified atom stereocenters. The molecular formula is C15H22N2O. The van der Waals surface area contributed by atoms with E-state index in [1.165, 1.54) is 25.7 Å². The van der Waals surface area contributed by atoms with Gasteiger partial charge in [0.15, 0.2) is 0 Å². The minimum Gasteiger partial charge on any atom is -0.397 e. The Labute approximate surface area is 109 Å². The van der Waals surface area contributed by atoms with Crippen LogP contribution in [0.15, 0.2) is 24.3 Å². The van der Waals surface area contributed by atoms with Crippen LogP contribution in [0.5, 0.6) is 0 Å². The number of anilines is 2. The second-order valence-corrected chi connectivity index (χ2v) is 5.14. The van der Waals surface area contributed by atoms with Gasteiger partial charge in [0.25, 0.3) is 0 Å². The third-order valence-electron chi connectivity index (χ3n) is 3.83. The molecule has 1 aliphatic carbocycles. The van der Waals surface area contributed by atoms with E-state index in [1.807, 2.05) is 31.3 Å². The Bertz CT molecular complexity index is 409. The topological polar surface area (TPSA) is 46.3 Å². The number of benzene rings is 1. The van der Waals surface area contributed by atoms with Crippen molar-refractivity contribution in [2.75, 3.05) is 17.7 Å². The summed E-state index contributed by atoms with van der Waals surface area (Å²) < 4.78 is 0. The molecule has 2 rings (SSSR count). The zero-order chi connectivity index (χ0) is 13.0. The van der Waals surface area contributed by atoms with Crippen LogP contribution in [0, 0.1) is 5.92 Å². The number of hydrogen-bond donors (Lipinski definition) is 1. The van der Waals surface area contributed by atoms with Gasteiger partial charge in [0.05, 0.1) is 11.4 Å². The highest BCUT2D eigenvalue weighted by Crippen LogP contribution is 2.28. The number of nitrogens with two attached hydrogens (primary N) is 1. The van der Waals surface area contributed by atoms with Crippen molar-refractivity contribution in [2.45, 2.75) is 38.5 Å². The van der Waals surface area contributed by atoms with Crippen molar-refractivity contribution in [1.29, 1.82) is 0 Å². The van der Waals surface area contributed by atoms with Crippen LogP contribution < -0.4 is 10.6 Å². The second kappa shape index (κ2) is 5.89. The maximum atomic E-state index is 12.5. The monoisotopic (exact) mass is 246 g/mol. The lowest BCUT2D eigenvalue weighted by molar-refractivity contribution is -0.122. The van der Waals surface area contributed by atoms with Gasteiger partial charge in [0, 0.05) is 13.0 Å². The van der Waals surface area contributed by atoms with Crippen LogP contribution in [0.4, 0.5) is 11.4 Å². The van der Waals surface area contributed by atoms with E-state index in [-0.39, 0.29) is 11.8 Å². The molecule has 1 fully saturated rings. The van der Waals surface area contributed by atoms with Gasteiger partial charge >= 0.3 is 0 Å². The summed E-state index contributed by atoms with van der Waals surface area (Å²) in [6.07, 6.45) is 6.93. The van der Waals surface area contributed by atoms with E-state index in [4.69, 9.17) is 5.73 Å². The first-order valence-corrected chi connectivity index (χ1v) is 6.82. The Hall–Kier alpha value is -1.51. The Morgan fingerprint density at radius 2 is 1.78 bits per heavy atom. The van der Waals surface area contributed by atoms with Gasteiger partial charge in [-0.25, -0.2) is 0 Å². The normalized spacial score (nSPS) is 17.2. The molecule has 0 atom stereocenters. The molecule has 2 N–H and O–H groups in total. The summed E-state index contributed by atoms with van der Waals surface area (Å²) in [5.41, 5.74) is 7.42. The number of nitrogen functional groups attached to an aromatic ring is 1. The van der Waals surface area contributed by atoms with E-state index in [9.17, 15) is 4.79 Å². The molecule has 0 aromatic heterocycles. The van der Waals surface area contributed by atoms with E-state index < -0.39 is 0 Å². The third-order valence-corrected chi connectivity index (χ3v) is 3.83. The van der Waals surface area contributed by atoms with Gasteiger partial charge in [0.2, 0.25) is 5.91 Å². The largest absolute Gasteiger partial charge is 0.397 e. The first-order chi connectivity index (χ1) is 8.70. The van der Waals surface area contributed by atoms with Gasteiger partial charge in [0.1, 0.15) is 0 Å². The number of amides is 1. The first-order valence-electron chi connectivity index (χ1n) is 6.82. The number of carbonyl (C=O) groups excluding carboxylic acids is 1. The number of hydrogen-bond acceptors (Lipinski definition) is 2. The van der Waals surface area contributed by atoms with Crippen molar-refractivity contribution in [1.82, 2.24) is 0 Å². The summed E-state index contributed by atoms with van der Waals surface area (Å²) >= 11 is 0. The fourth-order valence-electron chi connectivity index (χ4n) is 2.71. The fraction of sp³-hybridized carbons (Fsp3) is 0.533. The van der Waals surface area contributed by atoms with Gasteiger partial charge in [-0.1, -0.05) is 37.8 Å². The summed E-state index contributed by atoms with van der Waals surface area (Å²) in [4.78, 5) is 14.2. The van der Waals surface area contributed by atoms with Gasteiger partial charge in [-0.05, 0) is 25.0 Å². The SMILES string of the molecule is CN(C(=O)C1CCCCCC1)c1ccccc1N. The fourth-order valence-corrected chi connectivity index (χ4v) is 2.71. The lowest BCUT2D eigenvalue weighted by Gasteiger charge is -2.24. The molecular weight excluding hydrogens is 224 g/mol. The molecule has 1 amide bonds. The standard InChI is InChI=1S/C15H22N2O/c1-17(14-11-7-6-10-13(14)16)15(18)12-8-4-2-3-5-9-12/h6-7,10-12H,2-5,8-9,16H2,1H3. The molecule has 3 nitrogen and oxygen atoms in total. The molecule has 3 heteroatoms. The molecule has 0 heterocycles. The summed E-state index contributed by atoms with van der Waals surface area (Å²) in [5.74, 6) is 0.395. The van der Waals surface area contributed by atoms with Crippen molar-refractivity contribution in [3.05, 3.63) is 24.3 Å². The molecule has 0 radical (unpaired) electrons. The molecule has 0 aliphatic heterocycles. The predicted molar refractivity (Wildman–Crippen MR) is 75.5 cm³/mol. The van der Waals surface area contributed by atoms with Crippen LogP contribution in [-0.2, 0) is 4.79 Å². The Balaban J connectivity index is 2.10. The molecule has 0 spiro atoms. The molecule has 1 aromatic rings. The van der Waals surface area contributed by atoms with E-state index >= 15 is 0 Å². The minimum absolute atomic E-state index is 0.178. The average Bonchev–Trinajstić information content (AvgIpc) is 2.66. The van der Waals surface area contributed by atoms with Crippen LogP contribution in [0.1, 0.15) is 38.5 Å². The average molecular weight is 246 g/mol. The summed E-state index contributed by atoms with van der Waals surface area (Å²) in [7, 11) is 1.83. The number of para-hydroxylation sites is 2. The maximum Gasteiger partial charge on any atom is 0.229 e. The number of carbonyl (C=O) groups is 1. The zero-order valence-corrected chi connectivity index (χ0v) is 11.1. The van der Waals surface area contributed by atoms with E-state index in [0.717, 1.165) is 18.5 Å². The lowest BCUT2D eigenvalue weighted by atomic mass is 9.98. The highest BCUT2D eigenvalue weighted by atomic mass is 16.2. The van der Waals surface area contributed by atoms with E-state index in [1.54, 1.807) is 4.90 Å². The minimum atomic E-state index is 0.178. The highest BCUT2D eigenvalue weighted by Gasteiger charge is 2.24. The van der Waals surface area contributed by atoms with E-state index in [2.05, 4.69) is 0 Å². The molecule has 18 heavy (non-hydrogen) atoms. The van der Waals surface area contributed by atoms with Crippen molar-refractivity contribution in [3.8, 4) is 0 Å². The Morgan fingerprint density at radius 1 is 1.17 bits per heavy atom. The van der Waals surface area contributed by atoms with Crippen molar-refractivity contribution in [3.63, 3.8) is 0 Å². The van der Waals surface area contributed by atoms with Crippen LogP contribution in [0.25, 0.3) is 0 Å². The molecule has 0 saturated heterocycles.